The maximum atomic E-state index is 2.41. The molecule has 0 aromatic carbocycles. The lowest BCUT2D eigenvalue weighted by Gasteiger charge is -2.28. The first-order valence-electron chi connectivity index (χ1n) is 16.4. The number of likely N-dealkylation sites (N-methyl/N-ethyl adjacent to an activating group) is 4. The van der Waals surface area contributed by atoms with E-state index in [1.165, 1.54) is 116 Å². The smallest absolute Gasteiger partial charge is 0.0187 e. The summed E-state index contributed by atoms with van der Waals surface area (Å²) >= 11 is 0. The van der Waals surface area contributed by atoms with Crippen molar-refractivity contribution in [2.75, 3.05) is 121 Å². The van der Waals surface area contributed by atoms with E-state index in [-0.39, 0.29) is 0 Å². The summed E-state index contributed by atoms with van der Waals surface area (Å²) in [6, 6.07) is 0. The molecule has 5 aliphatic rings. The third-order valence-corrected chi connectivity index (χ3v) is 8.76. The molecule has 0 bridgehead atoms. The minimum atomic E-state index is 0.939. The molecule has 0 aromatic rings. The summed E-state index contributed by atoms with van der Waals surface area (Å²) in [4.78, 5) is 14.2. The minimum absolute atomic E-state index is 0.939. The molecule has 0 radical (unpaired) electrons. The van der Waals surface area contributed by atoms with Crippen molar-refractivity contribution in [1.29, 1.82) is 0 Å². The van der Waals surface area contributed by atoms with Gasteiger partial charge in [-0.2, -0.15) is 0 Å². The van der Waals surface area contributed by atoms with Gasteiger partial charge in [0.05, 0.1) is 0 Å². The number of likely N-dealkylation sites (tertiary alicyclic amines) is 2. The summed E-state index contributed by atoms with van der Waals surface area (Å²) in [5.74, 6) is 1.92. The van der Waals surface area contributed by atoms with Crippen molar-refractivity contribution >= 4 is 0 Å². The zero-order valence-electron chi connectivity index (χ0n) is 28.7. The molecule has 5 heterocycles. The van der Waals surface area contributed by atoms with E-state index in [0.717, 1.165) is 18.4 Å². The predicted molar refractivity (Wildman–Crippen MR) is 179 cm³/mol. The maximum Gasteiger partial charge on any atom is 0.0187 e. The monoisotopic (exact) mass is 563 g/mol. The Labute approximate surface area is 251 Å². The van der Waals surface area contributed by atoms with Crippen LogP contribution in [0.5, 0.6) is 0 Å². The third kappa shape index (κ3) is 20.2. The van der Waals surface area contributed by atoms with Gasteiger partial charge in [0, 0.05) is 58.9 Å². The number of rotatable bonds is 0. The number of hydrogen-bond acceptors (Lipinski definition) is 6. The number of piperazine rings is 1. The van der Waals surface area contributed by atoms with Gasteiger partial charge in [-0.3, -0.25) is 0 Å². The van der Waals surface area contributed by atoms with Crippen molar-refractivity contribution in [3.05, 3.63) is 23.3 Å². The SMILES string of the molecule is CC1=CCCN(C)C1.CC1=CCN(C)CC1.CC1CCCN(C)C1.CC1CCN(C)CC1.CN1CCN(C)CC1. The molecule has 1 unspecified atom stereocenters. The van der Waals surface area contributed by atoms with Gasteiger partial charge in [-0.1, -0.05) is 37.1 Å². The highest BCUT2D eigenvalue weighted by Gasteiger charge is 2.12. The molecule has 0 saturated carbocycles. The Morgan fingerprint density at radius 2 is 1.10 bits per heavy atom. The molecule has 0 spiro atoms. The van der Waals surface area contributed by atoms with Crippen molar-refractivity contribution in [2.45, 2.75) is 66.2 Å². The molecule has 0 amide bonds. The molecule has 5 aliphatic heterocycles. The topological polar surface area (TPSA) is 19.4 Å². The standard InChI is InChI=1S/C7H15N.C7H13N.C7H15N.C7H13N.C6H14N2/c2*1-7-3-5-8(2)6-4-7;2*1-7-4-3-5-8(2)6-7;1-7-3-5-8(2)6-4-7/h7H,3-6H2,1-2H3;3H,4-6H2,1-2H3;7H,3-6H2,1-2H3;4H,3,5-6H2,1-2H3;3-6H2,1-2H3. The van der Waals surface area contributed by atoms with Crippen LogP contribution in [0.4, 0.5) is 0 Å². The fraction of sp³-hybridized carbons (Fsp3) is 0.882. The molecule has 0 N–H and O–H groups in total. The van der Waals surface area contributed by atoms with Gasteiger partial charge < -0.3 is 29.4 Å². The normalized spacial score (nSPS) is 26.3. The van der Waals surface area contributed by atoms with Gasteiger partial charge in [-0.25, -0.2) is 0 Å². The van der Waals surface area contributed by atoms with Crippen LogP contribution in [0, 0.1) is 11.8 Å². The molecule has 236 valence electrons. The van der Waals surface area contributed by atoms with Crippen LogP contribution in [0.25, 0.3) is 0 Å². The zero-order chi connectivity index (χ0) is 29.9. The highest BCUT2D eigenvalue weighted by molar-refractivity contribution is 5.04. The largest absolute Gasteiger partial charge is 0.306 e. The lowest BCUT2D eigenvalue weighted by molar-refractivity contribution is 0.181. The minimum Gasteiger partial charge on any atom is -0.306 e. The van der Waals surface area contributed by atoms with Gasteiger partial charge >= 0.3 is 0 Å². The summed E-state index contributed by atoms with van der Waals surface area (Å²) in [5, 5.41) is 0. The Morgan fingerprint density at radius 3 is 1.45 bits per heavy atom. The Kier molecular flexibility index (Phi) is 20.4. The van der Waals surface area contributed by atoms with Gasteiger partial charge in [0.2, 0.25) is 0 Å². The van der Waals surface area contributed by atoms with Gasteiger partial charge in [0.15, 0.2) is 0 Å². The molecule has 5 rings (SSSR count). The molecular weight excluding hydrogens is 492 g/mol. The van der Waals surface area contributed by atoms with E-state index in [1.54, 1.807) is 5.57 Å². The lowest BCUT2D eigenvalue weighted by Crippen LogP contribution is -2.42. The second-order valence-corrected chi connectivity index (χ2v) is 13.7. The lowest BCUT2D eigenvalue weighted by atomic mass is 10.00. The first-order valence-corrected chi connectivity index (χ1v) is 16.4. The van der Waals surface area contributed by atoms with Crippen LogP contribution >= 0.6 is 0 Å². The molecule has 3 saturated heterocycles. The molecule has 3 fully saturated rings. The van der Waals surface area contributed by atoms with Crippen LogP contribution in [0.1, 0.15) is 66.2 Å². The van der Waals surface area contributed by atoms with Crippen LogP contribution in [0.2, 0.25) is 0 Å². The summed E-state index contributed by atoms with van der Waals surface area (Å²) in [5.41, 5.74) is 3.06. The summed E-state index contributed by atoms with van der Waals surface area (Å²) < 4.78 is 0. The van der Waals surface area contributed by atoms with E-state index in [1.807, 2.05) is 0 Å². The van der Waals surface area contributed by atoms with E-state index in [4.69, 9.17) is 0 Å². The van der Waals surface area contributed by atoms with Crippen LogP contribution in [0.15, 0.2) is 23.3 Å². The van der Waals surface area contributed by atoms with Crippen molar-refractivity contribution < 1.29 is 0 Å². The van der Waals surface area contributed by atoms with Crippen LogP contribution in [-0.2, 0) is 0 Å². The maximum absolute atomic E-state index is 2.41. The predicted octanol–water partition coefficient (Wildman–Crippen LogP) is 5.10. The molecule has 1 atom stereocenters. The van der Waals surface area contributed by atoms with Crippen molar-refractivity contribution in [2.24, 2.45) is 11.8 Å². The zero-order valence-corrected chi connectivity index (χ0v) is 28.7. The van der Waals surface area contributed by atoms with E-state index < -0.39 is 0 Å². The van der Waals surface area contributed by atoms with E-state index in [9.17, 15) is 0 Å². The average Bonchev–Trinajstić information content (AvgIpc) is 2.91. The Balaban J connectivity index is 0.000000250. The molecule has 0 aromatic heterocycles. The van der Waals surface area contributed by atoms with Gasteiger partial charge in [-0.15, -0.1) is 0 Å². The van der Waals surface area contributed by atoms with Gasteiger partial charge in [0.25, 0.3) is 0 Å². The van der Waals surface area contributed by atoms with Crippen LogP contribution in [0.3, 0.4) is 0 Å². The van der Waals surface area contributed by atoms with Gasteiger partial charge in [-0.05, 0) is 126 Å². The van der Waals surface area contributed by atoms with Crippen molar-refractivity contribution in [3.8, 4) is 0 Å². The summed E-state index contributed by atoms with van der Waals surface area (Å²) in [7, 11) is 13.1. The first kappa shape index (κ1) is 37.3. The van der Waals surface area contributed by atoms with Crippen molar-refractivity contribution in [1.82, 2.24) is 29.4 Å². The molecular formula is C34H70N6. The average molecular weight is 563 g/mol. The fourth-order valence-electron chi connectivity index (χ4n) is 5.44. The van der Waals surface area contributed by atoms with E-state index >= 15 is 0 Å². The second kappa shape index (κ2) is 21.9. The third-order valence-electron chi connectivity index (χ3n) is 8.76. The first-order chi connectivity index (χ1) is 18.9. The van der Waals surface area contributed by atoms with Gasteiger partial charge in [0.1, 0.15) is 0 Å². The summed E-state index contributed by atoms with van der Waals surface area (Å²) in [6.07, 6.45) is 12.7. The fourth-order valence-corrected chi connectivity index (χ4v) is 5.44. The Hall–Kier alpha value is -0.760. The van der Waals surface area contributed by atoms with Crippen LogP contribution < -0.4 is 0 Å². The highest BCUT2D eigenvalue weighted by Crippen LogP contribution is 2.14. The van der Waals surface area contributed by atoms with Crippen molar-refractivity contribution in [3.63, 3.8) is 0 Å². The molecule has 40 heavy (non-hydrogen) atoms. The Bertz CT molecular complexity index is 628. The second-order valence-electron chi connectivity index (χ2n) is 13.7. The number of nitrogens with zero attached hydrogens (tertiary/aromatic N) is 6. The number of piperidine rings is 2. The number of hydrogen-bond donors (Lipinski definition) is 0. The van der Waals surface area contributed by atoms with E-state index in [2.05, 4.69) is 112 Å². The molecule has 6 nitrogen and oxygen atoms in total. The Morgan fingerprint density at radius 1 is 0.525 bits per heavy atom. The molecule has 0 aliphatic carbocycles. The van der Waals surface area contributed by atoms with Crippen LogP contribution in [-0.4, -0.2) is 150 Å². The summed E-state index contributed by atoms with van der Waals surface area (Å²) in [6.45, 7) is 24.0. The highest BCUT2D eigenvalue weighted by atomic mass is 15.2. The molecule has 6 heteroatoms. The van der Waals surface area contributed by atoms with E-state index in [0.29, 0.717) is 0 Å². The quantitative estimate of drug-likeness (QED) is 0.380.